The van der Waals surface area contributed by atoms with Gasteiger partial charge in [-0.25, -0.2) is 0 Å². The molecule has 0 fully saturated rings. The van der Waals surface area contributed by atoms with Crippen molar-refractivity contribution in [2.75, 3.05) is 0 Å². The molecule has 0 bridgehead atoms. The summed E-state index contributed by atoms with van der Waals surface area (Å²) in [6.07, 6.45) is 20.1. The summed E-state index contributed by atoms with van der Waals surface area (Å²) in [5.74, 6) is 0. The molecule has 0 aromatic heterocycles. The van der Waals surface area contributed by atoms with Gasteiger partial charge in [0.2, 0.25) is 0 Å². The van der Waals surface area contributed by atoms with E-state index in [9.17, 15) is 5.21 Å². The van der Waals surface area contributed by atoms with Crippen LogP contribution in [0.25, 0.3) is 0 Å². The standard InChI is InChI=1S/C19H41NO/c1-4-6-7-8-9-10-11-12-13-14-15-16-17-18-19(3,5-2)20-21/h4-18,20H2,1-3H3. The summed E-state index contributed by atoms with van der Waals surface area (Å²) in [6, 6.07) is 0. The van der Waals surface area contributed by atoms with Gasteiger partial charge < -0.3 is 10.7 Å². The lowest BCUT2D eigenvalue weighted by molar-refractivity contribution is -0.668. The van der Waals surface area contributed by atoms with E-state index in [1.54, 1.807) is 0 Å². The van der Waals surface area contributed by atoms with Crippen LogP contribution in [-0.2, 0) is 0 Å². The predicted octanol–water partition coefficient (Wildman–Crippen LogP) is 5.70. The van der Waals surface area contributed by atoms with Crippen LogP contribution in [0.2, 0.25) is 0 Å². The van der Waals surface area contributed by atoms with Crippen molar-refractivity contribution in [1.29, 1.82) is 0 Å². The smallest absolute Gasteiger partial charge is 0.0927 e. The van der Waals surface area contributed by atoms with Gasteiger partial charge in [0.1, 0.15) is 0 Å². The quantitative estimate of drug-likeness (QED) is 0.288. The normalized spacial score (nSPS) is 14.3. The van der Waals surface area contributed by atoms with E-state index in [0.29, 0.717) is 0 Å². The molecule has 1 unspecified atom stereocenters. The Hall–Kier alpha value is -0.0800. The molecule has 0 aliphatic carbocycles. The predicted molar refractivity (Wildman–Crippen MR) is 94.3 cm³/mol. The summed E-state index contributed by atoms with van der Waals surface area (Å²) >= 11 is 0. The molecule has 0 spiro atoms. The van der Waals surface area contributed by atoms with Crippen LogP contribution in [0, 0.1) is 5.21 Å². The molecule has 0 aliphatic rings. The number of quaternary nitrogens is 1. The average Bonchev–Trinajstić information content (AvgIpc) is 2.51. The van der Waals surface area contributed by atoms with Crippen LogP contribution >= 0.6 is 0 Å². The topological polar surface area (TPSA) is 39.7 Å². The third-order valence-corrected chi connectivity index (χ3v) is 4.94. The van der Waals surface area contributed by atoms with Gasteiger partial charge in [0.25, 0.3) is 0 Å². The molecule has 0 heterocycles. The van der Waals surface area contributed by atoms with E-state index in [0.717, 1.165) is 18.3 Å². The van der Waals surface area contributed by atoms with Gasteiger partial charge in [0.05, 0.1) is 5.54 Å². The SMILES string of the molecule is CCCCCCCCCCCCCCCC(C)(CC)[NH2+][O-]. The van der Waals surface area contributed by atoms with E-state index in [1.807, 2.05) is 0 Å². The third kappa shape index (κ3) is 13.3. The first-order valence-electron chi connectivity index (χ1n) is 9.65. The largest absolute Gasteiger partial charge is 0.635 e. The highest BCUT2D eigenvalue weighted by Gasteiger charge is 2.20. The molecule has 1 atom stereocenters. The molecular formula is C19H41NO. The molecule has 2 nitrogen and oxygen atoms in total. The zero-order valence-corrected chi connectivity index (χ0v) is 15.1. The second-order valence-electron chi connectivity index (χ2n) is 7.12. The third-order valence-electron chi connectivity index (χ3n) is 4.94. The van der Waals surface area contributed by atoms with Crippen molar-refractivity contribution < 1.29 is 5.48 Å². The molecule has 0 amide bonds. The Balaban J connectivity index is 3.16. The van der Waals surface area contributed by atoms with Gasteiger partial charge in [0.15, 0.2) is 0 Å². The molecule has 0 saturated heterocycles. The van der Waals surface area contributed by atoms with E-state index in [1.165, 1.54) is 83.5 Å². The summed E-state index contributed by atoms with van der Waals surface area (Å²) in [6.45, 7) is 6.50. The number of rotatable bonds is 16. The minimum atomic E-state index is -0.0578. The lowest BCUT2D eigenvalue weighted by Gasteiger charge is -2.28. The monoisotopic (exact) mass is 299 g/mol. The van der Waals surface area contributed by atoms with Crippen molar-refractivity contribution in [3.63, 3.8) is 0 Å². The summed E-state index contributed by atoms with van der Waals surface area (Å²) in [7, 11) is 0. The first-order valence-corrected chi connectivity index (χ1v) is 9.65. The van der Waals surface area contributed by atoms with Crippen molar-refractivity contribution in [3.05, 3.63) is 5.21 Å². The second-order valence-corrected chi connectivity index (χ2v) is 7.12. The van der Waals surface area contributed by atoms with Crippen molar-refractivity contribution in [3.8, 4) is 0 Å². The fourth-order valence-corrected chi connectivity index (χ4v) is 2.87. The van der Waals surface area contributed by atoms with Crippen LogP contribution in [0.15, 0.2) is 0 Å². The Morgan fingerprint density at radius 3 is 1.38 bits per heavy atom. The van der Waals surface area contributed by atoms with Gasteiger partial charge in [0, 0.05) is 6.42 Å². The summed E-state index contributed by atoms with van der Waals surface area (Å²) in [5, 5.41) is 11.0. The van der Waals surface area contributed by atoms with Crippen LogP contribution in [-0.4, -0.2) is 5.54 Å². The maximum absolute atomic E-state index is 11.0. The number of hydrogen-bond donors (Lipinski definition) is 1. The van der Waals surface area contributed by atoms with Gasteiger partial charge in [-0.3, -0.25) is 0 Å². The minimum Gasteiger partial charge on any atom is -0.635 e. The molecule has 2 N–H and O–H groups in total. The van der Waals surface area contributed by atoms with E-state index in [2.05, 4.69) is 20.8 Å². The van der Waals surface area contributed by atoms with Gasteiger partial charge in [-0.1, -0.05) is 90.9 Å². The Bertz CT molecular complexity index is 202. The van der Waals surface area contributed by atoms with E-state index in [-0.39, 0.29) is 5.54 Å². The molecule has 128 valence electrons. The molecule has 0 aliphatic heterocycles. The first-order chi connectivity index (χ1) is 10.2. The maximum Gasteiger partial charge on any atom is 0.0927 e. The van der Waals surface area contributed by atoms with Gasteiger partial charge in [-0.05, 0) is 19.8 Å². The van der Waals surface area contributed by atoms with Crippen molar-refractivity contribution in [2.45, 2.75) is 123 Å². The van der Waals surface area contributed by atoms with Crippen LogP contribution in [0.5, 0.6) is 0 Å². The second kappa shape index (κ2) is 14.8. The molecule has 0 rings (SSSR count). The molecule has 2 heteroatoms. The fraction of sp³-hybridized carbons (Fsp3) is 1.00. The minimum absolute atomic E-state index is 0.0578. The number of hydrogen-bond acceptors (Lipinski definition) is 1. The Morgan fingerprint density at radius 2 is 1.05 bits per heavy atom. The van der Waals surface area contributed by atoms with Crippen LogP contribution in [0.4, 0.5) is 0 Å². The highest BCUT2D eigenvalue weighted by molar-refractivity contribution is 4.69. The van der Waals surface area contributed by atoms with Crippen molar-refractivity contribution >= 4 is 0 Å². The number of unbranched alkanes of at least 4 members (excludes halogenated alkanes) is 12. The first kappa shape index (κ1) is 20.9. The van der Waals surface area contributed by atoms with Gasteiger partial charge >= 0.3 is 0 Å². The van der Waals surface area contributed by atoms with E-state index >= 15 is 0 Å². The van der Waals surface area contributed by atoms with Crippen LogP contribution in [0.1, 0.15) is 117 Å². The lowest BCUT2D eigenvalue weighted by Crippen LogP contribution is -2.90. The molecule has 0 aromatic carbocycles. The molecule has 0 radical (unpaired) electrons. The highest BCUT2D eigenvalue weighted by atomic mass is 16.5. The Labute approximate surface area is 134 Å². The van der Waals surface area contributed by atoms with Crippen LogP contribution in [0.3, 0.4) is 0 Å². The highest BCUT2D eigenvalue weighted by Crippen LogP contribution is 2.16. The molecule has 0 aromatic rings. The van der Waals surface area contributed by atoms with E-state index in [4.69, 9.17) is 0 Å². The average molecular weight is 300 g/mol. The summed E-state index contributed by atoms with van der Waals surface area (Å²) < 4.78 is 0. The van der Waals surface area contributed by atoms with Crippen molar-refractivity contribution in [2.24, 2.45) is 0 Å². The maximum atomic E-state index is 11.0. The number of nitrogens with two attached hydrogens (primary N) is 1. The zero-order chi connectivity index (χ0) is 15.8. The molecule has 21 heavy (non-hydrogen) atoms. The van der Waals surface area contributed by atoms with Gasteiger partial charge in [-0.15, -0.1) is 0 Å². The molecule has 0 saturated carbocycles. The van der Waals surface area contributed by atoms with Crippen molar-refractivity contribution in [1.82, 2.24) is 0 Å². The Morgan fingerprint density at radius 1 is 0.667 bits per heavy atom. The summed E-state index contributed by atoms with van der Waals surface area (Å²) in [4.78, 5) is 0. The molecular weight excluding hydrogens is 258 g/mol. The van der Waals surface area contributed by atoms with Gasteiger partial charge in [-0.2, -0.15) is 0 Å². The van der Waals surface area contributed by atoms with Crippen LogP contribution < -0.4 is 5.48 Å². The van der Waals surface area contributed by atoms with E-state index < -0.39 is 0 Å². The Kier molecular flexibility index (Phi) is 14.8. The lowest BCUT2D eigenvalue weighted by atomic mass is 9.92. The zero-order valence-electron chi connectivity index (χ0n) is 15.1. The fourth-order valence-electron chi connectivity index (χ4n) is 2.87. The number of hydroxylamine groups is 1. The summed E-state index contributed by atoms with van der Waals surface area (Å²) in [5.41, 5.74) is 1.10.